The van der Waals surface area contributed by atoms with Crippen molar-refractivity contribution in [1.29, 1.82) is 10.8 Å². The van der Waals surface area contributed by atoms with Crippen molar-refractivity contribution in [3.8, 4) is 0 Å². The number of hydrogen-bond donors (Lipinski definition) is 2. The van der Waals surface area contributed by atoms with Crippen LogP contribution < -0.4 is 0 Å². The first kappa shape index (κ1) is 12.4. The van der Waals surface area contributed by atoms with Gasteiger partial charge in [-0.3, -0.25) is 0 Å². The van der Waals surface area contributed by atoms with Gasteiger partial charge in [0.15, 0.2) is 0 Å². The van der Waals surface area contributed by atoms with Gasteiger partial charge in [-0.1, -0.05) is 44.9 Å². The Hall–Kier alpha value is -0.660. The van der Waals surface area contributed by atoms with Gasteiger partial charge < -0.3 is 10.8 Å². The molecule has 0 bridgehead atoms. The molecule has 1 aliphatic carbocycles. The molecule has 0 heterocycles. The van der Waals surface area contributed by atoms with Crippen molar-refractivity contribution in [2.45, 2.75) is 70.6 Å². The Bertz CT molecular complexity index is 187. The third-order valence-electron chi connectivity index (χ3n) is 3.22. The lowest BCUT2D eigenvalue weighted by Crippen LogP contribution is -2.11. The average Bonchev–Trinajstić information content (AvgIpc) is 2.25. The first-order chi connectivity index (χ1) is 7.30. The highest BCUT2D eigenvalue weighted by molar-refractivity contribution is 6.39. The van der Waals surface area contributed by atoms with Crippen molar-refractivity contribution in [1.82, 2.24) is 0 Å². The monoisotopic (exact) mass is 208 g/mol. The van der Waals surface area contributed by atoms with E-state index in [1.807, 2.05) is 0 Å². The maximum Gasteiger partial charge on any atom is 0.0521 e. The predicted octanol–water partition coefficient (Wildman–Crippen LogP) is 4.33. The minimum atomic E-state index is 0.592. The summed E-state index contributed by atoms with van der Waals surface area (Å²) in [5.74, 6) is 0. The van der Waals surface area contributed by atoms with E-state index in [-0.39, 0.29) is 0 Å². The molecule has 0 atom stereocenters. The Kier molecular flexibility index (Phi) is 6.29. The van der Waals surface area contributed by atoms with Crippen LogP contribution in [0.5, 0.6) is 0 Å². The Morgan fingerprint density at radius 3 is 1.07 bits per heavy atom. The zero-order valence-electron chi connectivity index (χ0n) is 9.78. The zero-order chi connectivity index (χ0) is 10.9. The lowest BCUT2D eigenvalue weighted by Gasteiger charge is -2.05. The molecule has 2 nitrogen and oxygen atoms in total. The van der Waals surface area contributed by atoms with Crippen LogP contribution in [0.3, 0.4) is 0 Å². The highest BCUT2D eigenvalue weighted by Crippen LogP contribution is 2.13. The van der Waals surface area contributed by atoms with Gasteiger partial charge >= 0.3 is 0 Å². The molecule has 1 saturated carbocycles. The van der Waals surface area contributed by atoms with Gasteiger partial charge in [-0.25, -0.2) is 0 Å². The van der Waals surface area contributed by atoms with E-state index in [0.29, 0.717) is 11.4 Å². The Morgan fingerprint density at radius 2 is 0.733 bits per heavy atom. The topological polar surface area (TPSA) is 47.7 Å². The van der Waals surface area contributed by atoms with Gasteiger partial charge in [0.05, 0.1) is 11.4 Å². The van der Waals surface area contributed by atoms with E-state index in [1.54, 1.807) is 0 Å². The second-order valence-corrected chi connectivity index (χ2v) is 4.64. The van der Waals surface area contributed by atoms with Gasteiger partial charge in [-0.15, -0.1) is 0 Å². The molecule has 2 N–H and O–H groups in total. The summed E-state index contributed by atoms with van der Waals surface area (Å²) in [6.45, 7) is 0. The minimum absolute atomic E-state index is 0.592. The number of hydrogen-bond acceptors (Lipinski definition) is 2. The van der Waals surface area contributed by atoms with Gasteiger partial charge in [0.25, 0.3) is 0 Å². The van der Waals surface area contributed by atoms with Gasteiger partial charge in [-0.2, -0.15) is 0 Å². The quantitative estimate of drug-likeness (QED) is 0.595. The SMILES string of the molecule is N=C1CCCCCCCCCCCC1=N. The molecular formula is C13H24N2. The molecule has 86 valence electrons. The van der Waals surface area contributed by atoms with Gasteiger partial charge in [0, 0.05) is 0 Å². The Morgan fingerprint density at radius 1 is 0.467 bits per heavy atom. The van der Waals surface area contributed by atoms with Crippen LogP contribution in [0.4, 0.5) is 0 Å². The van der Waals surface area contributed by atoms with Gasteiger partial charge in [-0.05, 0) is 25.7 Å². The van der Waals surface area contributed by atoms with Crippen LogP contribution in [0.15, 0.2) is 0 Å². The predicted molar refractivity (Wildman–Crippen MR) is 66.2 cm³/mol. The molecule has 0 spiro atoms. The largest absolute Gasteiger partial charge is 0.303 e. The molecular weight excluding hydrogens is 184 g/mol. The molecule has 15 heavy (non-hydrogen) atoms. The van der Waals surface area contributed by atoms with Crippen LogP contribution >= 0.6 is 0 Å². The zero-order valence-corrected chi connectivity index (χ0v) is 9.78. The number of rotatable bonds is 0. The first-order valence-electron chi connectivity index (χ1n) is 6.46. The summed E-state index contributed by atoms with van der Waals surface area (Å²) in [6, 6.07) is 0. The van der Waals surface area contributed by atoms with Gasteiger partial charge in [0.2, 0.25) is 0 Å². The lowest BCUT2D eigenvalue weighted by atomic mass is 10.0. The summed E-state index contributed by atoms with van der Waals surface area (Å²) < 4.78 is 0. The summed E-state index contributed by atoms with van der Waals surface area (Å²) in [5.41, 5.74) is 1.18. The lowest BCUT2D eigenvalue weighted by molar-refractivity contribution is 0.567. The molecule has 0 aromatic heterocycles. The van der Waals surface area contributed by atoms with Crippen molar-refractivity contribution in [2.75, 3.05) is 0 Å². The van der Waals surface area contributed by atoms with E-state index in [2.05, 4.69) is 0 Å². The third kappa shape index (κ3) is 5.71. The van der Waals surface area contributed by atoms with E-state index >= 15 is 0 Å². The molecule has 0 aliphatic heterocycles. The van der Waals surface area contributed by atoms with E-state index in [9.17, 15) is 0 Å². The number of nitrogens with one attached hydrogen (secondary N) is 2. The fourth-order valence-corrected chi connectivity index (χ4v) is 2.14. The van der Waals surface area contributed by atoms with Crippen LogP contribution in [-0.4, -0.2) is 11.4 Å². The molecule has 1 aliphatic rings. The van der Waals surface area contributed by atoms with Crippen LogP contribution in [0.25, 0.3) is 0 Å². The molecule has 1 fully saturated rings. The standard InChI is InChI=1S/C13H24N2/c14-12-10-8-6-4-2-1-3-5-7-9-11-13(12)15/h14-15H,1-11H2. The van der Waals surface area contributed by atoms with Crippen LogP contribution in [-0.2, 0) is 0 Å². The van der Waals surface area contributed by atoms with Crippen molar-refractivity contribution in [2.24, 2.45) is 0 Å². The molecule has 1 rings (SSSR count). The van der Waals surface area contributed by atoms with E-state index < -0.39 is 0 Å². The summed E-state index contributed by atoms with van der Waals surface area (Å²) in [6.07, 6.45) is 13.1. The van der Waals surface area contributed by atoms with Crippen molar-refractivity contribution < 1.29 is 0 Å². The Balaban J connectivity index is 2.30. The second-order valence-electron chi connectivity index (χ2n) is 4.64. The van der Waals surface area contributed by atoms with E-state index in [1.165, 1.54) is 44.9 Å². The second kappa shape index (κ2) is 7.61. The maximum atomic E-state index is 7.76. The summed E-state index contributed by atoms with van der Waals surface area (Å²) in [5, 5.41) is 15.5. The molecule has 0 saturated heterocycles. The molecule has 0 aromatic carbocycles. The molecule has 0 radical (unpaired) electrons. The third-order valence-corrected chi connectivity index (χ3v) is 3.22. The van der Waals surface area contributed by atoms with E-state index in [0.717, 1.165) is 25.7 Å². The minimum Gasteiger partial charge on any atom is -0.303 e. The summed E-state index contributed by atoms with van der Waals surface area (Å²) in [7, 11) is 0. The van der Waals surface area contributed by atoms with Crippen molar-refractivity contribution in [3.63, 3.8) is 0 Å². The first-order valence-corrected chi connectivity index (χ1v) is 6.46. The Labute approximate surface area is 93.5 Å². The average molecular weight is 208 g/mol. The van der Waals surface area contributed by atoms with Crippen LogP contribution in [0.1, 0.15) is 70.6 Å². The summed E-state index contributed by atoms with van der Waals surface area (Å²) in [4.78, 5) is 0. The smallest absolute Gasteiger partial charge is 0.0521 e. The molecule has 2 heteroatoms. The molecule has 0 aromatic rings. The van der Waals surface area contributed by atoms with Gasteiger partial charge in [0.1, 0.15) is 0 Å². The highest BCUT2D eigenvalue weighted by Gasteiger charge is 2.05. The maximum absolute atomic E-state index is 7.76. The fraction of sp³-hybridized carbons (Fsp3) is 0.846. The van der Waals surface area contributed by atoms with E-state index in [4.69, 9.17) is 10.8 Å². The molecule has 0 unspecified atom stereocenters. The van der Waals surface area contributed by atoms with Crippen LogP contribution in [0.2, 0.25) is 0 Å². The highest BCUT2D eigenvalue weighted by atomic mass is 14.5. The van der Waals surface area contributed by atoms with Crippen LogP contribution in [0, 0.1) is 10.8 Å². The normalized spacial score (nSPS) is 22.7. The van der Waals surface area contributed by atoms with Crippen molar-refractivity contribution >= 4 is 11.4 Å². The fourth-order valence-electron chi connectivity index (χ4n) is 2.14. The molecule has 0 amide bonds. The van der Waals surface area contributed by atoms with Crippen molar-refractivity contribution in [3.05, 3.63) is 0 Å². The summed E-state index contributed by atoms with van der Waals surface area (Å²) >= 11 is 0.